The molecule has 2 aromatic rings. The van der Waals surface area contributed by atoms with Crippen LogP contribution >= 0.6 is 0 Å². The van der Waals surface area contributed by atoms with E-state index in [2.05, 4.69) is 16.5 Å². The molecule has 2 heterocycles. The lowest BCUT2D eigenvalue weighted by Gasteiger charge is -2.31. The molecule has 0 bridgehead atoms. The summed E-state index contributed by atoms with van der Waals surface area (Å²) in [6.45, 7) is 5.50. The Hall–Kier alpha value is -1.99. The Bertz CT molecular complexity index is 864. The van der Waals surface area contributed by atoms with Crippen molar-refractivity contribution in [1.29, 1.82) is 0 Å². The molecule has 0 saturated carbocycles. The second kappa shape index (κ2) is 7.72. The van der Waals surface area contributed by atoms with Crippen LogP contribution in [0.2, 0.25) is 0 Å². The largest absolute Gasteiger partial charge is 0.335 e. The van der Waals surface area contributed by atoms with Gasteiger partial charge in [0.15, 0.2) is 5.78 Å². The molecule has 0 N–H and O–H groups in total. The minimum Gasteiger partial charge on any atom is -0.335 e. The highest BCUT2D eigenvalue weighted by molar-refractivity contribution is 7.89. The Balaban J connectivity index is 1.64. The van der Waals surface area contributed by atoms with Gasteiger partial charge in [-0.25, -0.2) is 13.4 Å². The van der Waals surface area contributed by atoms with E-state index in [0.29, 0.717) is 24.6 Å². The molecular weight excluding hydrogens is 350 g/mol. The summed E-state index contributed by atoms with van der Waals surface area (Å²) in [5.74, 6) is 1.47. The number of rotatable bonds is 6. The maximum absolute atomic E-state index is 12.8. The minimum absolute atomic E-state index is 0.0688. The smallest absolute Gasteiger partial charge is 0.243 e. The van der Waals surface area contributed by atoms with Gasteiger partial charge in [0.1, 0.15) is 5.82 Å². The van der Waals surface area contributed by atoms with Crippen molar-refractivity contribution in [3.05, 3.63) is 48.0 Å². The lowest BCUT2D eigenvalue weighted by atomic mass is 9.98. The van der Waals surface area contributed by atoms with Gasteiger partial charge in [0.25, 0.3) is 0 Å². The molecule has 1 aliphatic heterocycles. The van der Waals surface area contributed by atoms with Crippen LogP contribution in [0, 0.1) is 5.92 Å². The second-order valence-electron chi connectivity index (χ2n) is 6.78. The van der Waals surface area contributed by atoms with E-state index >= 15 is 0 Å². The number of ketones is 1. The number of benzene rings is 1. The molecule has 0 amide bonds. The first-order valence-corrected chi connectivity index (χ1v) is 10.5. The summed E-state index contributed by atoms with van der Waals surface area (Å²) in [6, 6.07) is 6.20. The molecule has 140 valence electrons. The zero-order valence-corrected chi connectivity index (χ0v) is 16.1. The Morgan fingerprint density at radius 2 is 1.85 bits per heavy atom. The number of hydrogen-bond donors (Lipinski definition) is 0. The SMILES string of the molecule is CCc1nccn1CC1CCN(S(=O)(=O)c2ccc(C(C)=O)cc2)CC1. The molecule has 0 spiro atoms. The molecule has 7 heteroatoms. The fraction of sp³-hybridized carbons (Fsp3) is 0.474. The number of nitrogens with zero attached hydrogens (tertiary/aromatic N) is 3. The summed E-state index contributed by atoms with van der Waals surface area (Å²) in [7, 11) is -3.50. The fourth-order valence-corrected chi connectivity index (χ4v) is 4.91. The van der Waals surface area contributed by atoms with Crippen molar-refractivity contribution in [1.82, 2.24) is 13.9 Å². The predicted octanol–water partition coefficient (Wildman–Crippen LogP) is 2.75. The molecule has 1 aromatic carbocycles. The maximum atomic E-state index is 12.8. The minimum atomic E-state index is -3.50. The topological polar surface area (TPSA) is 72.3 Å². The zero-order valence-electron chi connectivity index (χ0n) is 15.3. The van der Waals surface area contributed by atoms with Gasteiger partial charge < -0.3 is 4.57 Å². The Kier molecular flexibility index (Phi) is 5.58. The number of Topliss-reactive ketones (excluding diaryl/α,β-unsaturated/α-hetero) is 1. The number of hydrogen-bond acceptors (Lipinski definition) is 4. The monoisotopic (exact) mass is 375 g/mol. The number of piperidine rings is 1. The van der Waals surface area contributed by atoms with Crippen molar-refractivity contribution in [2.45, 2.75) is 44.6 Å². The van der Waals surface area contributed by atoms with E-state index in [4.69, 9.17) is 0 Å². The van der Waals surface area contributed by atoms with E-state index in [9.17, 15) is 13.2 Å². The molecule has 1 fully saturated rings. The Morgan fingerprint density at radius 3 is 2.42 bits per heavy atom. The zero-order chi connectivity index (χ0) is 18.7. The number of aryl methyl sites for hydroxylation is 1. The van der Waals surface area contributed by atoms with Crippen LogP contribution in [0.25, 0.3) is 0 Å². The highest BCUT2D eigenvalue weighted by Gasteiger charge is 2.29. The molecule has 0 unspecified atom stereocenters. The molecule has 0 aliphatic carbocycles. The second-order valence-corrected chi connectivity index (χ2v) is 8.72. The van der Waals surface area contributed by atoms with E-state index in [-0.39, 0.29) is 10.7 Å². The number of imidazole rings is 1. The van der Waals surface area contributed by atoms with Crippen molar-refractivity contribution < 1.29 is 13.2 Å². The van der Waals surface area contributed by atoms with Gasteiger partial charge in [-0.05, 0) is 37.8 Å². The molecule has 0 atom stereocenters. The number of aromatic nitrogens is 2. The van der Waals surface area contributed by atoms with Crippen LogP contribution in [0.5, 0.6) is 0 Å². The maximum Gasteiger partial charge on any atom is 0.243 e. The van der Waals surface area contributed by atoms with Gasteiger partial charge in [0, 0.05) is 44.0 Å². The first-order valence-electron chi connectivity index (χ1n) is 9.03. The number of sulfonamides is 1. The molecular formula is C19H25N3O3S. The van der Waals surface area contributed by atoms with Crippen molar-refractivity contribution in [2.24, 2.45) is 5.92 Å². The quantitative estimate of drug-likeness (QED) is 0.728. The van der Waals surface area contributed by atoms with Crippen molar-refractivity contribution >= 4 is 15.8 Å². The van der Waals surface area contributed by atoms with Crippen LogP contribution in [-0.4, -0.2) is 41.1 Å². The van der Waals surface area contributed by atoms with E-state index in [1.165, 1.54) is 19.1 Å². The number of carbonyl (C=O) groups excluding carboxylic acids is 1. The van der Waals surface area contributed by atoms with Crippen molar-refractivity contribution in [2.75, 3.05) is 13.1 Å². The summed E-state index contributed by atoms with van der Waals surface area (Å²) < 4.78 is 29.4. The molecule has 1 aromatic heterocycles. The lowest BCUT2D eigenvalue weighted by Crippen LogP contribution is -2.39. The molecule has 6 nitrogen and oxygen atoms in total. The summed E-state index contributed by atoms with van der Waals surface area (Å²) in [5.41, 5.74) is 0.523. The van der Waals surface area contributed by atoms with Gasteiger partial charge in [0.2, 0.25) is 10.0 Å². The van der Waals surface area contributed by atoms with Crippen molar-refractivity contribution in [3.8, 4) is 0 Å². The summed E-state index contributed by atoms with van der Waals surface area (Å²) >= 11 is 0. The molecule has 26 heavy (non-hydrogen) atoms. The highest BCUT2D eigenvalue weighted by Crippen LogP contribution is 2.25. The lowest BCUT2D eigenvalue weighted by molar-refractivity contribution is 0.101. The van der Waals surface area contributed by atoms with E-state index < -0.39 is 10.0 Å². The van der Waals surface area contributed by atoms with E-state index in [1.54, 1.807) is 16.4 Å². The average Bonchev–Trinajstić information content (AvgIpc) is 3.09. The van der Waals surface area contributed by atoms with E-state index in [0.717, 1.165) is 31.6 Å². The predicted molar refractivity (Wildman–Crippen MR) is 99.5 cm³/mol. The first kappa shape index (κ1) is 18.8. The van der Waals surface area contributed by atoms with E-state index in [1.807, 2.05) is 12.4 Å². The average molecular weight is 375 g/mol. The molecule has 3 rings (SSSR count). The van der Waals surface area contributed by atoms with Crippen LogP contribution < -0.4 is 0 Å². The standard InChI is InChI=1S/C19H25N3O3S/c1-3-19-20-10-13-21(19)14-16-8-11-22(12-9-16)26(24,25)18-6-4-17(5-7-18)15(2)23/h4-7,10,13,16H,3,8-9,11-12,14H2,1-2H3. The van der Waals surface area contributed by atoms with Gasteiger partial charge in [-0.3, -0.25) is 4.79 Å². The van der Waals surface area contributed by atoms with Crippen LogP contribution in [0.1, 0.15) is 42.9 Å². The molecule has 0 radical (unpaired) electrons. The Labute approximate surface area is 154 Å². The van der Waals surface area contributed by atoms with Crippen LogP contribution in [-0.2, 0) is 23.0 Å². The Morgan fingerprint density at radius 1 is 1.19 bits per heavy atom. The normalized spacial score (nSPS) is 16.7. The van der Waals surface area contributed by atoms with Crippen LogP contribution in [0.15, 0.2) is 41.6 Å². The fourth-order valence-electron chi connectivity index (χ4n) is 3.44. The first-order chi connectivity index (χ1) is 12.4. The summed E-state index contributed by atoms with van der Waals surface area (Å²) in [4.78, 5) is 16.0. The summed E-state index contributed by atoms with van der Waals surface area (Å²) in [6.07, 6.45) is 6.40. The molecule has 1 saturated heterocycles. The van der Waals surface area contributed by atoms with Gasteiger partial charge in [-0.1, -0.05) is 19.1 Å². The van der Waals surface area contributed by atoms with Crippen LogP contribution in [0.4, 0.5) is 0 Å². The van der Waals surface area contributed by atoms with Gasteiger partial charge in [-0.15, -0.1) is 0 Å². The number of carbonyl (C=O) groups is 1. The van der Waals surface area contributed by atoms with Gasteiger partial charge in [0.05, 0.1) is 4.90 Å². The third-order valence-corrected chi connectivity index (χ3v) is 6.96. The van der Waals surface area contributed by atoms with Crippen molar-refractivity contribution in [3.63, 3.8) is 0 Å². The highest BCUT2D eigenvalue weighted by atomic mass is 32.2. The summed E-state index contributed by atoms with van der Waals surface area (Å²) in [5, 5.41) is 0. The third-order valence-electron chi connectivity index (χ3n) is 5.04. The van der Waals surface area contributed by atoms with Crippen LogP contribution in [0.3, 0.4) is 0 Å². The van der Waals surface area contributed by atoms with Gasteiger partial charge >= 0.3 is 0 Å². The molecule has 1 aliphatic rings. The third kappa shape index (κ3) is 3.88. The van der Waals surface area contributed by atoms with Gasteiger partial charge in [-0.2, -0.15) is 4.31 Å².